The van der Waals surface area contributed by atoms with Crippen LogP contribution in [0.25, 0.3) is 22.4 Å². The number of carbonyl (C=O) groups is 2. The van der Waals surface area contributed by atoms with Gasteiger partial charge in [-0.05, 0) is 24.6 Å². The van der Waals surface area contributed by atoms with Crippen molar-refractivity contribution < 1.29 is 22.5 Å². The number of aromatic nitrogens is 1. The summed E-state index contributed by atoms with van der Waals surface area (Å²) in [4.78, 5) is 24.1. The molecular weight excluding hydrogens is 404 g/mol. The van der Waals surface area contributed by atoms with Crippen molar-refractivity contribution in [2.75, 3.05) is 0 Å². The first-order valence-corrected chi connectivity index (χ1v) is 11.0. The number of imide groups is 1. The Morgan fingerprint density at radius 1 is 0.900 bits per heavy atom. The molecule has 3 aromatic rings. The SMILES string of the molecule is CCC(=O)N(C(=O)CC)S(=O)(=O)c1ccc(-c2c(-c3ccccc3)noc2C)cc1. The molecule has 0 saturated heterocycles. The molecule has 0 aliphatic carbocycles. The van der Waals surface area contributed by atoms with Crippen molar-refractivity contribution in [3.05, 3.63) is 60.4 Å². The second kappa shape index (κ2) is 8.62. The van der Waals surface area contributed by atoms with Crippen molar-refractivity contribution >= 4 is 21.8 Å². The van der Waals surface area contributed by atoms with E-state index in [1.165, 1.54) is 26.0 Å². The van der Waals surface area contributed by atoms with E-state index < -0.39 is 21.8 Å². The van der Waals surface area contributed by atoms with Crippen molar-refractivity contribution in [2.24, 2.45) is 0 Å². The fraction of sp³-hybridized carbons (Fsp3) is 0.227. The number of amides is 2. The fourth-order valence-corrected chi connectivity index (χ4v) is 4.58. The molecule has 8 heteroatoms. The van der Waals surface area contributed by atoms with Crippen LogP contribution < -0.4 is 0 Å². The number of benzene rings is 2. The highest BCUT2D eigenvalue weighted by Gasteiger charge is 2.33. The highest BCUT2D eigenvalue weighted by molar-refractivity contribution is 7.90. The molecule has 0 spiro atoms. The number of hydrogen-bond donors (Lipinski definition) is 0. The van der Waals surface area contributed by atoms with Gasteiger partial charge >= 0.3 is 0 Å². The predicted octanol–water partition coefficient (Wildman–Crippen LogP) is 4.18. The number of hydrogen-bond acceptors (Lipinski definition) is 6. The molecule has 1 heterocycles. The Kier molecular flexibility index (Phi) is 6.17. The van der Waals surface area contributed by atoms with Gasteiger partial charge in [-0.25, -0.2) is 8.42 Å². The maximum Gasteiger partial charge on any atom is 0.273 e. The van der Waals surface area contributed by atoms with Gasteiger partial charge in [0.25, 0.3) is 10.0 Å². The van der Waals surface area contributed by atoms with Crippen molar-refractivity contribution in [3.63, 3.8) is 0 Å². The second-order valence-electron chi connectivity index (χ2n) is 6.62. The summed E-state index contributed by atoms with van der Waals surface area (Å²) in [5.74, 6) is -0.923. The molecule has 0 atom stereocenters. The minimum atomic E-state index is -4.29. The number of aryl methyl sites for hydroxylation is 1. The summed E-state index contributed by atoms with van der Waals surface area (Å²) in [5.41, 5.74) is 2.97. The van der Waals surface area contributed by atoms with Crippen LogP contribution in [0.1, 0.15) is 32.4 Å². The van der Waals surface area contributed by atoms with E-state index in [4.69, 9.17) is 4.52 Å². The molecule has 0 fully saturated rings. The van der Waals surface area contributed by atoms with Gasteiger partial charge in [-0.3, -0.25) is 9.59 Å². The summed E-state index contributed by atoms with van der Waals surface area (Å²) < 4.78 is 31.6. The predicted molar refractivity (Wildman–Crippen MR) is 112 cm³/mol. The average Bonchev–Trinajstić information content (AvgIpc) is 3.15. The topological polar surface area (TPSA) is 97.6 Å². The van der Waals surface area contributed by atoms with E-state index in [9.17, 15) is 18.0 Å². The molecule has 0 saturated carbocycles. The molecule has 3 rings (SSSR count). The Labute approximate surface area is 175 Å². The monoisotopic (exact) mass is 426 g/mol. The Hall–Kier alpha value is -3.26. The normalized spacial score (nSPS) is 11.3. The standard InChI is InChI=1S/C22H22N2O5S/c1-4-19(25)24(20(26)5-2)30(27,28)18-13-11-16(12-14-18)21-15(3)29-23-22(21)17-9-7-6-8-10-17/h6-14H,4-5H2,1-3H3. The van der Waals surface area contributed by atoms with Crippen LogP contribution >= 0.6 is 0 Å². The van der Waals surface area contributed by atoms with Gasteiger partial charge in [-0.1, -0.05) is 61.5 Å². The molecule has 1 aromatic heterocycles. The van der Waals surface area contributed by atoms with Crippen LogP contribution in [0.3, 0.4) is 0 Å². The Morgan fingerprint density at radius 3 is 2.00 bits per heavy atom. The molecule has 0 radical (unpaired) electrons. The molecule has 0 N–H and O–H groups in total. The third kappa shape index (κ3) is 3.91. The van der Waals surface area contributed by atoms with Crippen LogP contribution in [0.2, 0.25) is 0 Å². The van der Waals surface area contributed by atoms with Crippen molar-refractivity contribution in [1.82, 2.24) is 9.46 Å². The van der Waals surface area contributed by atoms with E-state index in [2.05, 4.69) is 5.16 Å². The van der Waals surface area contributed by atoms with Gasteiger partial charge in [0.05, 0.1) is 10.5 Å². The van der Waals surface area contributed by atoms with E-state index in [0.29, 0.717) is 21.3 Å². The van der Waals surface area contributed by atoms with Crippen molar-refractivity contribution in [2.45, 2.75) is 38.5 Å². The van der Waals surface area contributed by atoms with Crippen LogP contribution in [0, 0.1) is 6.92 Å². The summed E-state index contributed by atoms with van der Waals surface area (Å²) in [5, 5.41) is 4.14. The molecule has 0 unspecified atom stereocenters. The molecule has 7 nitrogen and oxygen atoms in total. The van der Waals surface area contributed by atoms with Crippen LogP contribution in [0.15, 0.2) is 64.0 Å². The molecule has 156 valence electrons. The lowest BCUT2D eigenvalue weighted by atomic mass is 10.00. The van der Waals surface area contributed by atoms with E-state index in [-0.39, 0.29) is 17.7 Å². The molecule has 2 amide bonds. The Balaban J connectivity index is 2.03. The van der Waals surface area contributed by atoms with Crippen LogP contribution in [-0.2, 0) is 19.6 Å². The number of rotatable bonds is 6. The molecule has 0 bridgehead atoms. The summed E-state index contributed by atoms with van der Waals surface area (Å²) in [7, 11) is -4.29. The van der Waals surface area contributed by atoms with Crippen molar-refractivity contribution in [1.29, 1.82) is 0 Å². The molecule has 30 heavy (non-hydrogen) atoms. The van der Waals surface area contributed by atoms with Gasteiger partial charge in [-0.15, -0.1) is 0 Å². The zero-order chi connectivity index (χ0) is 21.9. The number of carbonyl (C=O) groups excluding carboxylic acids is 2. The lowest BCUT2D eigenvalue weighted by Gasteiger charge is -2.19. The molecule has 2 aromatic carbocycles. The third-order valence-electron chi connectivity index (χ3n) is 4.65. The zero-order valence-electron chi connectivity index (χ0n) is 17.0. The summed E-state index contributed by atoms with van der Waals surface area (Å²) in [6.07, 6.45) is -0.188. The molecule has 0 aliphatic rings. The quantitative estimate of drug-likeness (QED) is 0.586. The summed E-state index contributed by atoms with van der Waals surface area (Å²) >= 11 is 0. The zero-order valence-corrected chi connectivity index (χ0v) is 17.8. The largest absolute Gasteiger partial charge is 0.360 e. The van der Waals surface area contributed by atoms with E-state index in [1.54, 1.807) is 19.1 Å². The first-order valence-electron chi connectivity index (χ1n) is 9.54. The summed E-state index contributed by atoms with van der Waals surface area (Å²) in [6.45, 7) is 4.80. The van der Waals surface area contributed by atoms with Gasteiger partial charge < -0.3 is 4.52 Å². The maximum absolute atomic E-state index is 12.9. The lowest BCUT2D eigenvalue weighted by molar-refractivity contribution is -0.138. The lowest BCUT2D eigenvalue weighted by Crippen LogP contribution is -2.41. The minimum Gasteiger partial charge on any atom is -0.360 e. The maximum atomic E-state index is 12.9. The number of nitrogens with zero attached hydrogens (tertiary/aromatic N) is 2. The highest BCUT2D eigenvalue weighted by atomic mass is 32.2. The van der Waals surface area contributed by atoms with E-state index >= 15 is 0 Å². The minimum absolute atomic E-state index is 0.0939. The van der Waals surface area contributed by atoms with Crippen LogP contribution in [0.4, 0.5) is 0 Å². The number of sulfonamides is 1. The van der Waals surface area contributed by atoms with E-state index in [0.717, 1.165) is 11.1 Å². The third-order valence-corrected chi connectivity index (χ3v) is 6.40. The van der Waals surface area contributed by atoms with Gasteiger partial charge in [0, 0.05) is 18.4 Å². The first kappa shape index (κ1) is 21.4. The van der Waals surface area contributed by atoms with Gasteiger partial charge in [0.2, 0.25) is 11.8 Å². The highest BCUT2D eigenvalue weighted by Crippen LogP contribution is 2.34. The molecular formula is C22H22N2O5S. The van der Waals surface area contributed by atoms with Gasteiger partial charge in [0.1, 0.15) is 11.5 Å². The average molecular weight is 426 g/mol. The second-order valence-corrected chi connectivity index (χ2v) is 8.40. The first-order chi connectivity index (χ1) is 14.3. The van der Waals surface area contributed by atoms with Crippen LogP contribution in [0.5, 0.6) is 0 Å². The smallest absolute Gasteiger partial charge is 0.273 e. The van der Waals surface area contributed by atoms with Crippen molar-refractivity contribution in [3.8, 4) is 22.4 Å². The summed E-state index contributed by atoms with van der Waals surface area (Å²) in [6, 6.07) is 15.5. The molecule has 0 aliphatic heterocycles. The Bertz CT molecular complexity index is 1150. The van der Waals surface area contributed by atoms with Gasteiger partial charge in [0.15, 0.2) is 0 Å². The van der Waals surface area contributed by atoms with E-state index in [1.807, 2.05) is 30.3 Å². The van der Waals surface area contributed by atoms with Crippen LogP contribution in [-0.4, -0.2) is 29.7 Å². The Morgan fingerprint density at radius 2 is 1.47 bits per heavy atom. The van der Waals surface area contributed by atoms with Gasteiger partial charge in [-0.2, -0.15) is 4.31 Å². The fourth-order valence-electron chi connectivity index (χ4n) is 3.10.